The number of aromatic nitrogens is 3. The minimum atomic E-state index is -3.47. The largest absolute Gasteiger partial charge is 0.497 e. The van der Waals surface area contributed by atoms with E-state index in [4.69, 9.17) is 14.2 Å². The molecular weight excluding hydrogens is 758 g/mol. The van der Waals surface area contributed by atoms with E-state index in [9.17, 15) is 35.1 Å². The molecule has 1 spiro atoms. The normalized spacial score (nSPS) is 29.1. The Morgan fingerprint density at radius 1 is 1.04 bits per heavy atom. The number of nitrogens with zero attached hydrogens (tertiary/aromatic N) is 4. The van der Waals surface area contributed by atoms with Crippen molar-refractivity contribution in [1.82, 2.24) is 15.0 Å². The van der Waals surface area contributed by atoms with Gasteiger partial charge in [-0.3, -0.25) is 14.3 Å². The van der Waals surface area contributed by atoms with Crippen molar-refractivity contribution >= 4 is 31.6 Å². The molecule has 0 bridgehead atoms. The standard InChI is InChI=1S/C40H48FN5O10Si/c1-22-36(57(3,4)41)31(16-17-45-20-29(43-44-45)27(21-47)24-8-6-5-7-9-24)56-40(22)28-18-26(54-2)14-15-30(28)46(39(40)53)19-23-10-12-25(13-11-23)42-37(51)35-33(49)32(48)34(50)38(52)55-35/h5-15,18,20,22,27,31-36,38,47-50,52H,16-17,19,21H2,1-4H3,(H,42,51)/t22-,27?,31+,32-,33-,34+,35-,36-,38+,40+/m0/s1. The van der Waals surface area contributed by atoms with Gasteiger partial charge in [0.15, 0.2) is 18.0 Å². The van der Waals surface area contributed by atoms with Crippen LogP contribution in [-0.2, 0) is 37.8 Å². The van der Waals surface area contributed by atoms with Crippen molar-refractivity contribution in [2.75, 3.05) is 23.9 Å². The van der Waals surface area contributed by atoms with Crippen molar-refractivity contribution in [2.45, 2.75) is 93.4 Å². The average Bonchev–Trinajstić information content (AvgIpc) is 3.85. The highest BCUT2D eigenvalue weighted by Gasteiger charge is 2.66. The van der Waals surface area contributed by atoms with Crippen molar-refractivity contribution < 1.29 is 53.4 Å². The van der Waals surface area contributed by atoms with Gasteiger partial charge in [0.05, 0.1) is 43.7 Å². The van der Waals surface area contributed by atoms with Crippen LogP contribution in [0.2, 0.25) is 18.6 Å². The number of rotatable bonds is 12. The number of carbonyl (C=O) groups is 2. The second kappa shape index (κ2) is 16.0. The second-order valence-corrected chi connectivity index (χ2v) is 19.3. The summed E-state index contributed by atoms with van der Waals surface area (Å²) in [7, 11) is -1.93. The fourth-order valence-electron chi connectivity index (χ4n) is 8.64. The smallest absolute Gasteiger partial charge is 0.264 e. The van der Waals surface area contributed by atoms with E-state index in [0.717, 1.165) is 5.56 Å². The molecule has 10 atom stereocenters. The SMILES string of the molecule is COc1ccc2c(c1)[C@@]1(O[C@H](CCn3cc(C(CO)c4ccccc4)nn3)[C@@H]([Si](C)(C)F)[C@@H]1C)C(=O)N2Cc1ccc(NC(=O)[C@H]2O[C@@H](O)[C@H](O)[C@@H](O)[C@@H]2O)cc1. The number of aliphatic hydroxyl groups excluding tert-OH is 5. The Morgan fingerprint density at radius 3 is 2.42 bits per heavy atom. The van der Waals surface area contributed by atoms with E-state index >= 15 is 4.11 Å². The molecule has 57 heavy (non-hydrogen) atoms. The van der Waals surface area contributed by atoms with E-state index in [1.807, 2.05) is 37.3 Å². The zero-order chi connectivity index (χ0) is 40.8. The maximum atomic E-state index is 16.5. The molecule has 2 fully saturated rings. The Balaban J connectivity index is 1.11. The fraction of sp³-hybridized carbons (Fsp3) is 0.450. The number of benzene rings is 3. The molecule has 3 aromatic carbocycles. The minimum absolute atomic E-state index is 0.117. The van der Waals surface area contributed by atoms with Crippen LogP contribution in [0, 0.1) is 5.92 Å². The van der Waals surface area contributed by atoms with Crippen molar-refractivity contribution in [3.8, 4) is 5.75 Å². The molecule has 2 amide bonds. The summed E-state index contributed by atoms with van der Waals surface area (Å²) < 4.78 is 35.6. The Hall–Kier alpha value is -4.59. The Kier molecular flexibility index (Phi) is 11.4. The number of amides is 2. The average molecular weight is 806 g/mol. The highest BCUT2D eigenvalue weighted by Crippen LogP contribution is 2.60. The molecule has 2 saturated heterocycles. The van der Waals surface area contributed by atoms with E-state index < -0.39 is 68.2 Å². The highest BCUT2D eigenvalue weighted by atomic mass is 28.4. The molecule has 4 aromatic rings. The van der Waals surface area contributed by atoms with Gasteiger partial charge in [0, 0.05) is 35.5 Å². The molecule has 17 heteroatoms. The lowest BCUT2D eigenvalue weighted by molar-refractivity contribution is -0.274. The van der Waals surface area contributed by atoms with Gasteiger partial charge in [0.2, 0.25) is 8.41 Å². The number of aryl methyl sites for hydroxylation is 1. The molecule has 0 radical (unpaired) electrons. The fourth-order valence-corrected chi connectivity index (χ4v) is 11.2. The molecular formula is C40H48FN5O10Si. The zero-order valence-electron chi connectivity index (χ0n) is 32.0. The van der Waals surface area contributed by atoms with Crippen molar-refractivity contribution in [3.05, 3.63) is 101 Å². The van der Waals surface area contributed by atoms with Crippen LogP contribution in [0.3, 0.4) is 0 Å². The number of aliphatic hydroxyl groups is 5. The lowest BCUT2D eigenvalue weighted by Crippen LogP contribution is -2.60. The number of nitrogens with one attached hydrogen (secondary N) is 1. The summed E-state index contributed by atoms with van der Waals surface area (Å²) in [6.45, 7) is 5.47. The number of ether oxygens (including phenoxy) is 3. The van der Waals surface area contributed by atoms with Crippen LogP contribution in [0.1, 0.15) is 41.6 Å². The molecule has 0 saturated carbocycles. The number of fused-ring (bicyclic) bond motifs is 2. The number of hydrogen-bond acceptors (Lipinski definition) is 12. The van der Waals surface area contributed by atoms with Gasteiger partial charge in [0.1, 0.15) is 24.1 Å². The Bertz CT molecular complexity index is 2070. The van der Waals surface area contributed by atoms with Crippen molar-refractivity contribution in [3.63, 3.8) is 0 Å². The monoisotopic (exact) mass is 805 g/mol. The third-order valence-corrected chi connectivity index (χ3v) is 14.0. The van der Waals surface area contributed by atoms with Crippen molar-refractivity contribution in [1.29, 1.82) is 0 Å². The molecule has 0 aliphatic carbocycles. The number of halogens is 1. The summed E-state index contributed by atoms with van der Waals surface area (Å²) in [5, 5.41) is 61.2. The first-order valence-corrected chi connectivity index (χ1v) is 21.8. The van der Waals surface area contributed by atoms with E-state index in [0.29, 0.717) is 46.9 Å². The van der Waals surface area contributed by atoms with Gasteiger partial charge in [-0.05, 0) is 61.0 Å². The maximum absolute atomic E-state index is 16.5. The van der Waals surface area contributed by atoms with Gasteiger partial charge in [-0.1, -0.05) is 54.6 Å². The molecule has 3 aliphatic rings. The van der Waals surface area contributed by atoms with Crippen LogP contribution in [0.5, 0.6) is 5.75 Å². The van der Waals surface area contributed by atoms with Crippen LogP contribution in [-0.4, -0.2) is 111 Å². The van der Waals surface area contributed by atoms with Crippen LogP contribution in [0.25, 0.3) is 0 Å². The predicted octanol–water partition coefficient (Wildman–Crippen LogP) is 2.56. The zero-order valence-corrected chi connectivity index (χ0v) is 33.0. The van der Waals surface area contributed by atoms with Gasteiger partial charge in [0.25, 0.3) is 11.8 Å². The summed E-state index contributed by atoms with van der Waals surface area (Å²) in [5.41, 5.74) is 1.64. The number of carbonyl (C=O) groups excluding carboxylic acids is 2. The van der Waals surface area contributed by atoms with Crippen molar-refractivity contribution in [2.24, 2.45) is 5.92 Å². The number of anilines is 2. The summed E-state index contributed by atoms with van der Waals surface area (Å²) in [6, 6.07) is 21.5. The molecule has 304 valence electrons. The van der Waals surface area contributed by atoms with Gasteiger partial charge >= 0.3 is 0 Å². The quantitative estimate of drug-likeness (QED) is 0.0903. The topological polar surface area (TPSA) is 209 Å². The first kappa shape index (κ1) is 40.6. The van der Waals surface area contributed by atoms with Gasteiger partial charge in [-0.2, -0.15) is 0 Å². The van der Waals surface area contributed by atoms with Gasteiger partial charge in [-0.15, -0.1) is 5.10 Å². The number of hydrogen-bond donors (Lipinski definition) is 6. The molecule has 1 aromatic heterocycles. The lowest BCUT2D eigenvalue weighted by atomic mass is 9.82. The molecule has 3 aliphatic heterocycles. The van der Waals surface area contributed by atoms with E-state index in [1.54, 1.807) is 71.3 Å². The Labute approximate surface area is 329 Å². The maximum Gasteiger partial charge on any atom is 0.264 e. The Morgan fingerprint density at radius 2 is 1.75 bits per heavy atom. The molecule has 7 rings (SSSR count). The predicted molar refractivity (Wildman–Crippen MR) is 206 cm³/mol. The third-order valence-electron chi connectivity index (χ3n) is 11.5. The molecule has 6 N–H and O–H groups in total. The summed E-state index contributed by atoms with van der Waals surface area (Å²) >= 11 is 0. The van der Waals surface area contributed by atoms with Crippen LogP contribution in [0.4, 0.5) is 15.5 Å². The van der Waals surface area contributed by atoms with E-state index in [1.165, 1.54) is 7.11 Å². The third kappa shape index (κ3) is 7.49. The second-order valence-electron chi connectivity index (χ2n) is 15.5. The molecule has 15 nitrogen and oxygen atoms in total. The minimum Gasteiger partial charge on any atom is -0.497 e. The van der Waals surface area contributed by atoms with Gasteiger partial charge in [-0.25, -0.2) is 0 Å². The highest BCUT2D eigenvalue weighted by molar-refractivity contribution is 6.72. The molecule has 1 unspecified atom stereocenters. The number of methoxy groups -OCH3 is 1. The molecule has 4 heterocycles. The van der Waals surface area contributed by atoms with Gasteiger partial charge < -0.3 is 54.1 Å². The van der Waals surface area contributed by atoms with E-state index in [-0.39, 0.29) is 25.0 Å². The first-order valence-electron chi connectivity index (χ1n) is 18.9. The van der Waals surface area contributed by atoms with E-state index in [2.05, 4.69) is 15.6 Å². The summed E-state index contributed by atoms with van der Waals surface area (Å²) in [4.78, 5) is 29.4. The van der Waals surface area contributed by atoms with Crippen LogP contribution >= 0.6 is 0 Å². The lowest BCUT2D eigenvalue weighted by Gasteiger charge is -2.37. The summed E-state index contributed by atoms with van der Waals surface area (Å²) in [6.07, 6.45) is -7.35. The summed E-state index contributed by atoms with van der Waals surface area (Å²) in [5.74, 6) is -1.56. The van der Waals surface area contributed by atoms with Crippen LogP contribution in [0.15, 0.2) is 79.0 Å². The van der Waals surface area contributed by atoms with Crippen LogP contribution < -0.4 is 15.0 Å². The first-order chi connectivity index (χ1) is 27.2.